The third-order valence-corrected chi connectivity index (χ3v) is 3.81. The van der Waals surface area contributed by atoms with Crippen molar-refractivity contribution in [3.63, 3.8) is 0 Å². The van der Waals surface area contributed by atoms with Crippen molar-refractivity contribution >= 4 is 25.8 Å². The minimum atomic E-state index is -4.56. The van der Waals surface area contributed by atoms with Crippen molar-refractivity contribution in [2.24, 2.45) is 9.63 Å². The number of rotatable bonds is 5. The van der Waals surface area contributed by atoms with Gasteiger partial charge in [0.05, 0.1) is 22.9 Å². The van der Waals surface area contributed by atoms with Gasteiger partial charge < -0.3 is 5.11 Å². The van der Waals surface area contributed by atoms with Crippen molar-refractivity contribution in [1.82, 2.24) is 0 Å². The summed E-state index contributed by atoms with van der Waals surface area (Å²) in [5, 5.41) is 11.8. The zero-order valence-electron chi connectivity index (χ0n) is 8.96. The fourth-order valence-electron chi connectivity index (χ4n) is 1.06. The van der Waals surface area contributed by atoms with Gasteiger partial charge in [-0.25, -0.2) is 8.42 Å². The fraction of sp³-hybridized carbons (Fsp3) is 0.250. The highest BCUT2D eigenvalue weighted by atomic mass is 32.2. The number of hydrogen-bond acceptors (Lipinski definition) is 6. The van der Waals surface area contributed by atoms with Crippen LogP contribution in [0.25, 0.3) is 0 Å². The molecule has 0 amide bonds. The SMILES string of the molecule is O=S(=O)(O)N=Nc1ccc(S(=O)(=O)CCO)cc1. The van der Waals surface area contributed by atoms with Gasteiger partial charge in [0.2, 0.25) is 0 Å². The van der Waals surface area contributed by atoms with E-state index in [0.29, 0.717) is 0 Å². The molecule has 2 N–H and O–H groups in total. The Morgan fingerprint density at radius 2 is 1.61 bits per heavy atom. The molecule has 8 nitrogen and oxygen atoms in total. The van der Waals surface area contributed by atoms with E-state index in [4.69, 9.17) is 9.66 Å². The first kappa shape index (κ1) is 14.7. The monoisotopic (exact) mass is 294 g/mol. The van der Waals surface area contributed by atoms with E-state index >= 15 is 0 Å². The number of nitrogens with zero attached hydrogens (tertiary/aromatic N) is 2. The summed E-state index contributed by atoms with van der Waals surface area (Å²) >= 11 is 0. The van der Waals surface area contributed by atoms with Crippen LogP contribution in [-0.4, -0.2) is 38.9 Å². The molecule has 0 aromatic heterocycles. The van der Waals surface area contributed by atoms with E-state index in [2.05, 4.69) is 9.63 Å². The molecule has 18 heavy (non-hydrogen) atoms. The molecule has 0 radical (unpaired) electrons. The summed E-state index contributed by atoms with van der Waals surface area (Å²) in [7, 11) is -8.12. The molecule has 0 aliphatic rings. The Bertz CT molecular complexity index is 633. The molecular weight excluding hydrogens is 284 g/mol. The predicted octanol–water partition coefficient (Wildman–Crippen LogP) is 0.339. The molecule has 0 saturated heterocycles. The standard InChI is InChI=1S/C8H10N2O6S2/c11-5-6-17(12,13)8-3-1-7(2-4-8)9-10-18(14,15)16/h1-4,11H,5-6H2,(H,14,15,16). The molecule has 0 aliphatic carbocycles. The van der Waals surface area contributed by atoms with Crippen molar-refractivity contribution < 1.29 is 26.5 Å². The maximum Gasteiger partial charge on any atom is 0.396 e. The van der Waals surface area contributed by atoms with Crippen LogP contribution in [0.3, 0.4) is 0 Å². The van der Waals surface area contributed by atoms with Gasteiger partial charge in [-0.05, 0) is 28.8 Å². The summed E-state index contributed by atoms with van der Waals surface area (Å²) in [6.45, 7) is -0.494. The highest BCUT2D eigenvalue weighted by Crippen LogP contribution is 2.18. The van der Waals surface area contributed by atoms with Crippen LogP contribution in [0.15, 0.2) is 38.8 Å². The molecule has 0 spiro atoms. The third-order valence-electron chi connectivity index (χ3n) is 1.82. The predicted molar refractivity (Wildman–Crippen MR) is 61.6 cm³/mol. The molecule has 0 atom stereocenters. The zero-order chi connectivity index (χ0) is 13.8. The van der Waals surface area contributed by atoms with E-state index in [-0.39, 0.29) is 10.6 Å². The Kier molecular flexibility index (Phi) is 4.51. The van der Waals surface area contributed by atoms with Crippen molar-refractivity contribution in [2.45, 2.75) is 4.90 Å². The lowest BCUT2D eigenvalue weighted by molar-refractivity contribution is 0.319. The molecule has 1 aromatic carbocycles. The van der Waals surface area contributed by atoms with E-state index in [1.807, 2.05) is 0 Å². The molecular formula is C8H10N2O6S2. The Hall–Kier alpha value is -1.36. The van der Waals surface area contributed by atoms with Crippen molar-refractivity contribution in [1.29, 1.82) is 0 Å². The summed E-state index contributed by atoms with van der Waals surface area (Å²) in [6.07, 6.45) is 0. The molecule has 0 unspecified atom stereocenters. The molecule has 100 valence electrons. The minimum Gasteiger partial charge on any atom is -0.395 e. The van der Waals surface area contributed by atoms with Crippen molar-refractivity contribution in [2.75, 3.05) is 12.4 Å². The van der Waals surface area contributed by atoms with Gasteiger partial charge in [0.15, 0.2) is 9.84 Å². The normalized spacial score (nSPS) is 13.0. The molecule has 1 aromatic rings. The molecule has 0 bridgehead atoms. The topological polar surface area (TPSA) is 133 Å². The highest BCUT2D eigenvalue weighted by Gasteiger charge is 2.13. The van der Waals surface area contributed by atoms with Gasteiger partial charge in [0, 0.05) is 0 Å². The molecule has 10 heteroatoms. The van der Waals surface area contributed by atoms with E-state index in [1.54, 1.807) is 0 Å². The average molecular weight is 294 g/mol. The number of aliphatic hydroxyl groups excluding tert-OH is 1. The maximum absolute atomic E-state index is 11.5. The molecule has 1 rings (SSSR count). The Morgan fingerprint density at radius 1 is 1.06 bits per heavy atom. The summed E-state index contributed by atoms with van der Waals surface area (Å²) < 4.78 is 54.5. The smallest absolute Gasteiger partial charge is 0.395 e. The Labute approximate surface area is 104 Å². The van der Waals surface area contributed by atoms with Gasteiger partial charge in [-0.1, -0.05) is 0 Å². The second-order valence-corrected chi connectivity index (χ2v) is 6.33. The lowest BCUT2D eigenvalue weighted by Crippen LogP contribution is -2.09. The second-order valence-electron chi connectivity index (χ2n) is 3.17. The van der Waals surface area contributed by atoms with Crippen molar-refractivity contribution in [3.05, 3.63) is 24.3 Å². The summed E-state index contributed by atoms with van der Waals surface area (Å²) in [5.41, 5.74) is 0.0653. The van der Waals surface area contributed by atoms with Crippen molar-refractivity contribution in [3.8, 4) is 0 Å². The molecule has 0 aliphatic heterocycles. The number of benzene rings is 1. The van der Waals surface area contributed by atoms with Crippen LogP contribution in [0.2, 0.25) is 0 Å². The second kappa shape index (κ2) is 5.52. The Balaban J connectivity index is 2.98. The Morgan fingerprint density at radius 3 is 2.06 bits per heavy atom. The zero-order valence-corrected chi connectivity index (χ0v) is 10.6. The van der Waals surface area contributed by atoms with Gasteiger partial charge in [-0.15, -0.1) is 5.11 Å². The van der Waals surface area contributed by atoms with E-state index < -0.39 is 32.5 Å². The minimum absolute atomic E-state index is 0.0256. The molecule has 0 heterocycles. The third kappa shape index (κ3) is 4.49. The first-order valence-corrected chi connectivity index (χ1v) is 7.64. The van der Waals surface area contributed by atoms with Crippen LogP contribution in [0.4, 0.5) is 5.69 Å². The van der Waals surface area contributed by atoms with Crippen LogP contribution in [0.5, 0.6) is 0 Å². The largest absolute Gasteiger partial charge is 0.396 e. The van der Waals surface area contributed by atoms with Gasteiger partial charge in [-0.3, -0.25) is 4.55 Å². The summed E-state index contributed by atoms with van der Waals surface area (Å²) in [4.78, 5) is -0.0256. The molecule has 0 fully saturated rings. The average Bonchev–Trinajstić information content (AvgIpc) is 2.26. The summed E-state index contributed by atoms with van der Waals surface area (Å²) in [6, 6.07) is 4.84. The van der Waals surface area contributed by atoms with Gasteiger partial charge in [0.25, 0.3) is 0 Å². The van der Waals surface area contributed by atoms with Gasteiger partial charge >= 0.3 is 10.3 Å². The van der Waals surface area contributed by atoms with Gasteiger partial charge in [0.1, 0.15) is 0 Å². The van der Waals surface area contributed by atoms with Crippen LogP contribution >= 0.6 is 0 Å². The number of sulfone groups is 1. The lowest BCUT2D eigenvalue weighted by Gasteiger charge is -2.01. The van der Waals surface area contributed by atoms with E-state index in [1.165, 1.54) is 24.3 Å². The first-order valence-electron chi connectivity index (χ1n) is 4.59. The van der Waals surface area contributed by atoms with Gasteiger partial charge in [-0.2, -0.15) is 8.42 Å². The fourth-order valence-corrected chi connectivity index (χ4v) is 2.28. The first-order chi connectivity index (χ1) is 8.24. The number of aliphatic hydroxyl groups is 1. The lowest BCUT2D eigenvalue weighted by atomic mass is 10.3. The van der Waals surface area contributed by atoms with Crippen LogP contribution < -0.4 is 0 Å². The maximum atomic E-state index is 11.5. The summed E-state index contributed by atoms with van der Waals surface area (Å²) in [5.74, 6) is -0.404. The van der Waals surface area contributed by atoms with E-state index in [0.717, 1.165) is 0 Å². The number of hydrogen-bond donors (Lipinski definition) is 2. The van der Waals surface area contributed by atoms with Crippen LogP contribution in [0, 0.1) is 0 Å². The van der Waals surface area contributed by atoms with Crippen LogP contribution in [-0.2, 0) is 20.1 Å². The molecule has 0 saturated carbocycles. The van der Waals surface area contributed by atoms with Crippen LogP contribution in [0.1, 0.15) is 0 Å². The quantitative estimate of drug-likeness (QED) is 0.594. The highest BCUT2D eigenvalue weighted by molar-refractivity contribution is 7.91. The van der Waals surface area contributed by atoms with E-state index in [9.17, 15) is 16.8 Å².